The van der Waals surface area contributed by atoms with E-state index in [1.165, 1.54) is 48.8 Å². The molecule has 1 atom stereocenters. The number of amidine groups is 1. The summed E-state index contributed by atoms with van der Waals surface area (Å²) in [4.78, 5) is 29.4. The highest BCUT2D eigenvalue weighted by Crippen LogP contribution is 2.25. The van der Waals surface area contributed by atoms with Crippen molar-refractivity contribution in [2.24, 2.45) is 4.99 Å². The fraction of sp³-hybridized carbons (Fsp3) is 0.588. The van der Waals surface area contributed by atoms with E-state index in [-0.39, 0.29) is 17.1 Å². The summed E-state index contributed by atoms with van der Waals surface area (Å²) in [5.41, 5.74) is 0. The van der Waals surface area contributed by atoms with Crippen LogP contribution in [0.2, 0.25) is 0 Å². The molecule has 2 amide bonds. The van der Waals surface area contributed by atoms with Crippen LogP contribution in [0, 0.1) is 0 Å². The lowest BCUT2D eigenvalue weighted by Crippen LogP contribution is -2.30. The normalized spacial score (nSPS) is 23.9. The van der Waals surface area contributed by atoms with E-state index in [9.17, 15) is 9.59 Å². The molecule has 2 heterocycles. The van der Waals surface area contributed by atoms with Crippen LogP contribution in [0.25, 0.3) is 0 Å². The zero-order valence-corrected chi connectivity index (χ0v) is 15.3. The first-order valence-electron chi connectivity index (χ1n) is 8.59. The Balaban J connectivity index is 1.45. The lowest BCUT2D eigenvalue weighted by molar-refractivity contribution is -0.118. The monoisotopic (exact) mass is 365 g/mol. The van der Waals surface area contributed by atoms with Crippen molar-refractivity contribution >= 4 is 40.1 Å². The van der Waals surface area contributed by atoms with E-state index in [0.717, 1.165) is 18.0 Å². The van der Waals surface area contributed by atoms with Gasteiger partial charge < -0.3 is 10.6 Å². The number of hydrogen-bond donors (Lipinski definition) is 2. The van der Waals surface area contributed by atoms with Crippen molar-refractivity contribution < 1.29 is 9.59 Å². The molecule has 1 aliphatic heterocycles. The third kappa shape index (κ3) is 4.83. The lowest BCUT2D eigenvalue weighted by Gasteiger charge is -2.09. The van der Waals surface area contributed by atoms with Gasteiger partial charge in [0.15, 0.2) is 5.17 Å². The zero-order chi connectivity index (χ0) is 16.8. The number of aliphatic imine (C=N–C) groups is 1. The summed E-state index contributed by atoms with van der Waals surface area (Å²) in [6.45, 7) is 0.499. The van der Waals surface area contributed by atoms with Crippen molar-refractivity contribution in [2.45, 2.75) is 56.2 Å². The van der Waals surface area contributed by atoms with E-state index in [0.29, 0.717) is 23.9 Å². The number of nitrogens with zero attached hydrogens (tertiary/aromatic N) is 1. The molecule has 2 fully saturated rings. The molecule has 24 heavy (non-hydrogen) atoms. The van der Waals surface area contributed by atoms with Crippen LogP contribution in [-0.2, 0) is 4.79 Å². The van der Waals surface area contributed by atoms with Crippen LogP contribution < -0.4 is 10.6 Å². The number of thiophene rings is 1. The third-order valence-electron chi connectivity index (χ3n) is 4.34. The first kappa shape index (κ1) is 17.5. The number of amides is 2. The third-order valence-corrected chi connectivity index (χ3v) is 6.37. The molecule has 0 aromatic carbocycles. The highest BCUT2D eigenvalue weighted by molar-refractivity contribution is 8.15. The molecule has 1 saturated heterocycles. The summed E-state index contributed by atoms with van der Waals surface area (Å²) in [5, 5.41) is 8.27. The summed E-state index contributed by atoms with van der Waals surface area (Å²) in [5.74, 6) is -0.0569. The van der Waals surface area contributed by atoms with Crippen molar-refractivity contribution in [3.63, 3.8) is 0 Å². The molecule has 1 saturated carbocycles. The minimum atomic E-state index is -0.154. The van der Waals surface area contributed by atoms with E-state index in [1.807, 2.05) is 11.4 Å². The van der Waals surface area contributed by atoms with Crippen molar-refractivity contribution in [1.82, 2.24) is 10.6 Å². The highest BCUT2D eigenvalue weighted by atomic mass is 32.2. The Labute approximate surface area is 150 Å². The summed E-state index contributed by atoms with van der Waals surface area (Å²) >= 11 is 2.93. The second kappa shape index (κ2) is 8.67. The molecular formula is C17H23N3O2S2. The maximum atomic E-state index is 12.1. The fourth-order valence-corrected chi connectivity index (χ4v) is 4.70. The van der Waals surface area contributed by atoms with Gasteiger partial charge in [-0.3, -0.25) is 14.6 Å². The molecule has 0 radical (unpaired) electrons. The highest BCUT2D eigenvalue weighted by Gasteiger charge is 2.30. The lowest BCUT2D eigenvalue weighted by atomic mass is 10.1. The zero-order valence-electron chi connectivity index (χ0n) is 13.6. The first-order valence-corrected chi connectivity index (χ1v) is 10.4. The number of rotatable bonds is 5. The van der Waals surface area contributed by atoms with Gasteiger partial charge in [0.2, 0.25) is 5.91 Å². The Morgan fingerprint density at radius 3 is 2.79 bits per heavy atom. The van der Waals surface area contributed by atoms with Gasteiger partial charge in [-0.15, -0.1) is 11.3 Å². The quantitative estimate of drug-likeness (QED) is 0.787. The molecule has 5 nitrogen and oxygen atoms in total. The van der Waals surface area contributed by atoms with E-state index in [1.54, 1.807) is 6.07 Å². The Morgan fingerprint density at radius 1 is 1.29 bits per heavy atom. The van der Waals surface area contributed by atoms with Crippen molar-refractivity contribution in [2.75, 3.05) is 6.54 Å². The molecule has 0 spiro atoms. The van der Waals surface area contributed by atoms with Gasteiger partial charge in [0.1, 0.15) is 0 Å². The molecule has 3 rings (SSSR count). The maximum Gasteiger partial charge on any atom is 0.261 e. The van der Waals surface area contributed by atoms with Gasteiger partial charge in [-0.2, -0.15) is 0 Å². The number of nitrogens with one attached hydrogen (secondary N) is 2. The predicted octanol–water partition coefficient (Wildman–Crippen LogP) is 3.18. The van der Waals surface area contributed by atoms with Crippen LogP contribution in [-0.4, -0.2) is 34.8 Å². The van der Waals surface area contributed by atoms with Gasteiger partial charge in [0, 0.05) is 6.54 Å². The van der Waals surface area contributed by atoms with Crippen LogP contribution in [0.4, 0.5) is 0 Å². The van der Waals surface area contributed by atoms with Crippen molar-refractivity contribution in [1.29, 1.82) is 0 Å². The van der Waals surface area contributed by atoms with Crippen molar-refractivity contribution in [3.8, 4) is 0 Å². The summed E-state index contributed by atoms with van der Waals surface area (Å²) in [6, 6.07) is 4.01. The van der Waals surface area contributed by atoms with Crippen molar-refractivity contribution in [3.05, 3.63) is 22.4 Å². The molecule has 1 unspecified atom stereocenters. The topological polar surface area (TPSA) is 70.6 Å². The van der Waals surface area contributed by atoms with Crippen LogP contribution in [0.5, 0.6) is 0 Å². The predicted molar refractivity (Wildman–Crippen MR) is 99.7 cm³/mol. The minimum Gasteiger partial charge on any atom is -0.351 e. The molecule has 2 aliphatic rings. The van der Waals surface area contributed by atoms with Gasteiger partial charge in [-0.05, 0) is 30.7 Å². The molecular weight excluding hydrogens is 342 g/mol. The Morgan fingerprint density at radius 2 is 2.08 bits per heavy atom. The largest absolute Gasteiger partial charge is 0.351 e. The number of carbonyl (C=O) groups is 2. The SMILES string of the molecule is O=C(NCCC1SC(=NC2CCCCCC2)NC1=O)c1cccs1. The van der Waals surface area contributed by atoms with Crippen LogP contribution in [0.1, 0.15) is 54.6 Å². The molecule has 2 N–H and O–H groups in total. The summed E-state index contributed by atoms with van der Waals surface area (Å²) in [7, 11) is 0. The van der Waals surface area contributed by atoms with Gasteiger partial charge in [-0.25, -0.2) is 0 Å². The summed E-state index contributed by atoms with van der Waals surface area (Å²) in [6.07, 6.45) is 7.94. The Kier molecular flexibility index (Phi) is 6.31. The van der Waals surface area contributed by atoms with E-state index in [4.69, 9.17) is 4.99 Å². The van der Waals surface area contributed by atoms with Gasteiger partial charge in [-0.1, -0.05) is 43.5 Å². The fourth-order valence-electron chi connectivity index (χ4n) is 3.02. The van der Waals surface area contributed by atoms with Crippen LogP contribution >= 0.6 is 23.1 Å². The average molecular weight is 366 g/mol. The van der Waals surface area contributed by atoms with Crippen LogP contribution in [0.15, 0.2) is 22.5 Å². The standard InChI is InChI=1S/C17H23N3O2S2/c21-15(13-8-5-11-23-13)18-10-9-14-16(22)20-17(24-14)19-12-6-3-1-2-4-7-12/h5,8,11-12,14H,1-4,6-7,9-10H2,(H,18,21)(H,19,20,22). The number of thioether (sulfide) groups is 1. The molecule has 7 heteroatoms. The molecule has 0 bridgehead atoms. The molecule has 1 aromatic rings. The molecule has 1 aliphatic carbocycles. The van der Waals surface area contributed by atoms with Gasteiger partial charge in [0.25, 0.3) is 5.91 Å². The van der Waals surface area contributed by atoms with Gasteiger partial charge >= 0.3 is 0 Å². The number of carbonyl (C=O) groups excluding carboxylic acids is 2. The summed E-state index contributed by atoms with van der Waals surface area (Å²) < 4.78 is 0. The second-order valence-corrected chi connectivity index (χ2v) is 8.34. The average Bonchev–Trinajstić information content (AvgIpc) is 3.13. The first-order chi connectivity index (χ1) is 11.7. The van der Waals surface area contributed by atoms with E-state index in [2.05, 4.69) is 10.6 Å². The number of hydrogen-bond acceptors (Lipinski definition) is 5. The minimum absolute atomic E-state index is 0.0118. The van der Waals surface area contributed by atoms with E-state index >= 15 is 0 Å². The maximum absolute atomic E-state index is 12.1. The Bertz CT molecular complexity index is 593. The molecule has 1 aromatic heterocycles. The van der Waals surface area contributed by atoms with Crippen LogP contribution in [0.3, 0.4) is 0 Å². The molecule has 130 valence electrons. The smallest absolute Gasteiger partial charge is 0.261 e. The van der Waals surface area contributed by atoms with Gasteiger partial charge in [0.05, 0.1) is 16.2 Å². The second-order valence-electron chi connectivity index (χ2n) is 6.20. The van der Waals surface area contributed by atoms with E-state index < -0.39 is 0 Å². The Hall–Kier alpha value is -1.34.